The number of thiophene rings is 1. The molecule has 1 heterocycles. The molecular weight excluding hydrogens is 380 g/mol. The summed E-state index contributed by atoms with van der Waals surface area (Å²) < 4.78 is 10.6. The SMILES string of the molecule is CCOC(=O)c1cc(C(C)C)sc1NC(=O)COc1ccccc1NC(C)=O. The van der Waals surface area contributed by atoms with Gasteiger partial charge in [0.25, 0.3) is 5.91 Å². The Hall–Kier alpha value is -2.87. The van der Waals surface area contributed by atoms with Gasteiger partial charge in [0, 0.05) is 11.8 Å². The van der Waals surface area contributed by atoms with Crippen LogP contribution in [0.3, 0.4) is 0 Å². The zero-order valence-electron chi connectivity index (χ0n) is 16.3. The molecule has 28 heavy (non-hydrogen) atoms. The molecule has 0 saturated heterocycles. The molecule has 8 heteroatoms. The van der Waals surface area contributed by atoms with Crippen molar-refractivity contribution in [2.45, 2.75) is 33.6 Å². The largest absolute Gasteiger partial charge is 0.482 e. The van der Waals surface area contributed by atoms with Gasteiger partial charge in [-0.2, -0.15) is 0 Å². The van der Waals surface area contributed by atoms with Gasteiger partial charge in [0.05, 0.1) is 17.9 Å². The van der Waals surface area contributed by atoms with Crippen LogP contribution in [0, 0.1) is 0 Å². The second-order valence-corrected chi connectivity index (χ2v) is 7.36. The van der Waals surface area contributed by atoms with Gasteiger partial charge in [0.15, 0.2) is 6.61 Å². The van der Waals surface area contributed by atoms with Crippen LogP contribution in [0.15, 0.2) is 30.3 Å². The fraction of sp³-hybridized carbons (Fsp3) is 0.350. The maximum absolute atomic E-state index is 12.4. The van der Waals surface area contributed by atoms with E-state index in [0.29, 0.717) is 22.0 Å². The first kappa shape index (κ1) is 21.4. The normalized spacial score (nSPS) is 10.5. The minimum atomic E-state index is -0.474. The Labute approximate surface area is 168 Å². The van der Waals surface area contributed by atoms with Crippen molar-refractivity contribution in [2.24, 2.45) is 0 Å². The van der Waals surface area contributed by atoms with Crippen molar-refractivity contribution >= 4 is 39.8 Å². The number of amides is 2. The van der Waals surface area contributed by atoms with Crippen LogP contribution in [-0.4, -0.2) is 31.0 Å². The number of carbonyl (C=O) groups excluding carboxylic acids is 3. The van der Waals surface area contributed by atoms with Gasteiger partial charge in [-0.1, -0.05) is 26.0 Å². The van der Waals surface area contributed by atoms with E-state index in [1.54, 1.807) is 37.3 Å². The highest BCUT2D eigenvalue weighted by Crippen LogP contribution is 2.33. The molecule has 0 radical (unpaired) electrons. The Kier molecular flexibility index (Phi) is 7.57. The van der Waals surface area contributed by atoms with E-state index in [9.17, 15) is 14.4 Å². The number of benzene rings is 1. The molecule has 0 aliphatic carbocycles. The first-order valence-corrected chi connectivity index (χ1v) is 9.73. The molecule has 0 aliphatic heterocycles. The lowest BCUT2D eigenvalue weighted by Gasteiger charge is -2.11. The molecule has 0 bridgehead atoms. The second-order valence-electron chi connectivity index (χ2n) is 6.28. The fourth-order valence-corrected chi connectivity index (χ4v) is 3.40. The van der Waals surface area contributed by atoms with Crippen molar-refractivity contribution < 1.29 is 23.9 Å². The Balaban J connectivity index is 2.09. The van der Waals surface area contributed by atoms with E-state index in [0.717, 1.165) is 4.88 Å². The van der Waals surface area contributed by atoms with Gasteiger partial charge in [-0.25, -0.2) is 4.79 Å². The third kappa shape index (κ3) is 5.82. The molecule has 150 valence electrons. The number of anilines is 2. The van der Waals surface area contributed by atoms with Gasteiger partial charge in [0.2, 0.25) is 5.91 Å². The van der Waals surface area contributed by atoms with Gasteiger partial charge in [-0.15, -0.1) is 11.3 Å². The summed E-state index contributed by atoms with van der Waals surface area (Å²) in [5, 5.41) is 5.80. The highest BCUT2D eigenvalue weighted by molar-refractivity contribution is 7.16. The van der Waals surface area contributed by atoms with Crippen LogP contribution in [0.4, 0.5) is 10.7 Å². The molecule has 7 nitrogen and oxygen atoms in total. The zero-order valence-corrected chi connectivity index (χ0v) is 17.1. The summed E-state index contributed by atoms with van der Waals surface area (Å²) in [6, 6.07) is 8.58. The summed E-state index contributed by atoms with van der Waals surface area (Å²) in [7, 11) is 0. The standard InChI is InChI=1S/C20H24N2O5S/c1-5-26-20(25)14-10-17(12(2)3)28-19(14)22-18(24)11-27-16-9-7-6-8-15(16)21-13(4)23/h6-10,12H,5,11H2,1-4H3,(H,21,23)(H,22,24). The molecule has 1 aromatic carbocycles. The fourth-order valence-electron chi connectivity index (χ4n) is 2.34. The van der Waals surface area contributed by atoms with Gasteiger partial charge < -0.3 is 20.1 Å². The highest BCUT2D eigenvalue weighted by Gasteiger charge is 2.20. The lowest BCUT2D eigenvalue weighted by atomic mass is 10.1. The lowest BCUT2D eigenvalue weighted by Crippen LogP contribution is -2.21. The summed E-state index contributed by atoms with van der Waals surface area (Å²) in [5.74, 6) is -0.533. The minimum Gasteiger partial charge on any atom is -0.482 e. The van der Waals surface area contributed by atoms with Crippen molar-refractivity contribution in [1.82, 2.24) is 0 Å². The minimum absolute atomic E-state index is 0.213. The van der Waals surface area contributed by atoms with E-state index in [1.807, 2.05) is 13.8 Å². The predicted octanol–water partition coefficient (Wildman–Crippen LogP) is 4.02. The third-order valence-corrected chi connectivity index (χ3v) is 4.98. The maximum Gasteiger partial charge on any atom is 0.341 e. The van der Waals surface area contributed by atoms with E-state index < -0.39 is 11.9 Å². The summed E-state index contributed by atoms with van der Waals surface area (Å²) in [6.07, 6.45) is 0. The average Bonchev–Trinajstić information content (AvgIpc) is 3.05. The number of esters is 1. The van der Waals surface area contributed by atoms with Gasteiger partial charge in [0.1, 0.15) is 10.8 Å². The highest BCUT2D eigenvalue weighted by atomic mass is 32.1. The van der Waals surface area contributed by atoms with E-state index in [1.165, 1.54) is 18.3 Å². The number of para-hydroxylation sites is 2. The summed E-state index contributed by atoms with van der Waals surface area (Å²) in [5.41, 5.74) is 0.816. The molecule has 0 fully saturated rings. The zero-order chi connectivity index (χ0) is 20.7. The quantitative estimate of drug-likeness (QED) is 0.648. The number of ether oxygens (including phenoxy) is 2. The molecule has 0 unspecified atom stereocenters. The topological polar surface area (TPSA) is 93.7 Å². The van der Waals surface area contributed by atoms with Crippen molar-refractivity contribution in [3.63, 3.8) is 0 Å². The van der Waals surface area contributed by atoms with Crippen LogP contribution < -0.4 is 15.4 Å². The molecule has 1 aromatic heterocycles. The smallest absolute Gasteiger partial charge is 0.341 e. The maximum atomic E-state index is 12.4. The van der Waals surface area contributed by atoms with Crippen molar-refractivity contribution in [2.75, 3.05) is 23.8 Å². The monoisotopic (exact) mass is 404 g/mol. The molecule has 2 aromatic rings. The number of carbonyl (C=O) groups is 3. The van der Waals surface area contributed by atoms with Crippen LogP contribution in [-0.2, 0) is 14.3 Å². The van der Waals surface area contributed by atoms with Gasteiger partial charge in [-0.05, 0) is 31.0 Å². The van der Waals surface area contributed by atoms with Crippen LogP contribution in [0.2, 0.25) is 0 Å². The molecule has 0 spiro atoms. The Morgan fingerprint density at radius 1 is 1.14 bits per heavy atom. The van der Waals surface area contributed by atoms with Crippen LogP contribution in [0.25, 0.3) is 0 Å². The molecule has 0 aliphatic rings. The van der Waals surface area contributed by atoms with E-state index in [-0.39, 0.29) is 25.0 Å². The van der Waals surface area contributed by atoms with Crippen LogP contribution in [0.5, 0.6) is 5.75 Å². The van der Waals surface area contributed by atoms with E-state index in [2.05, 4.69) is 10.6 Å². The van der Waals surface area contributed by atoms with Crippen molar-refractivity contribution in [1.29, 1.82) is 0 Å². The van der Waals surface area contributed by atoms with E-state index in [4.69, 9.17) is 9.47 Å². The lowest BCUT2D eigenvalue weighted by molar-refractivity contribution is -0.118. The summed E-state index contributed by atoms with van der Waals surface area (Å²) in [4.78, 5) is 36.8. The number of hydrogen-bond donors (Lipinski definition) is 2. The Morgan fingerprint density at radius 2 is 1.86 bits per heavy atom. The Bertz CT molecular complexity index is 860. The molecule has 0 atom stereocenters. The van der Waals surface area contributed by atoms with Crippen LogP contribution >= 0.6 is 11.3 Å². The number of hydrogen-bond acceptors (Lipinski definition) is 6. The first-order chi connectivity index (χ1) is 13.3. The van der Waals surface area contributed by atoms with Gasteiger partial charge >= 0.3 is 5.97 Å². The molecule has 2 amide bonds. The first-order valence-electron chi connectivity index (χ1n) is 8.91. The van der Waals surface area contributed by atoms with Crippen molar-refractivity contribution in [3.8, 4) is 5.75 Å². The number of nitrogens with one attached hydrogen (secondary N) is 2. The second kappa shape index (κ2) is 9.89. The summed E-state index contributed by atoms with van der Waals surface area (Å²) >= 11 is 1.34. The third-order valence-electron chi connectivity index (χ3n) is 3.62. The molecule has 2 rings (SSSR count). The van der Waals surface area contributed by atoms with Gasteiger partial charge in [-0.3, -0.25) is 9.59 Å². The molecular formula is C20H24N2O5S. The molecule has 2 N–H and O–H groups in total. The summed E-state index contributed by atoms with van der Waals surface area (Å²) in [6.45, 7) is 7.12. The predicted molar refractivity (Wildman–Crippen MR) is 109 cm³/mol. The van der Waals surface area contributed by atoms with Crippen molar-refractivity contribution in [3.05, 3.63) is 40.8 Å². The Morgan fingerprint density at radius 3 is 2.50 bits per heavy atom. The molecule has 0 saturated carbocycles. The van der Waals surface area contributed by atoms with Crippen LogP contribution in [0.1, 0.15) is 48.8 Å². The number of rotatable bonds is 8. The average molecular weight is 404 g/mol. The van der Waals surface area contributed by atoms with E-state index >= 15 is 0 Å².